The number of anilines is 2. The van der Waals surface area contributed by atoms with E-state index in [1.807, 2.05) is 13.0 Å². The SMILES string of the molecule is Cc1ccc2c(c1)NC(=O)C(CC(=O)Nc1c(C)nn(C)c1C(N)=O)O2. The monoisotopic (exact) mass is 357 g/mol. The summed E-state index contributed by atoms with van der Waals surface area (Å²) in [5, 5.41) is 9.41. The second kappa shape index (κ2) is 6.51. The van der Waals surface area contributed by atoms with Crippen LogP contribution in [-0.2, 0) is 16.6 Å². The van der Waals surface area contributed by atoms with Gasteiger partial charge in [-0.1, -0.05) is 6.07 Å². The van der Waals surface area contributed by atoms with Gasteiger partial charge in [-0.2, -0.15) is 5.10 Å². The standard InChI is InChI=1S/C17H19N5O4/c1-8-4-5-11-10(6-8)19-17(25)12(26-11)7-13(23)20-14-9(2)21-22(3)15(14)16(18)24/h4-6,12H,7H2,1-3H3,(H2,18,24)(H,19,25)(H,20,23). The largest absolute Gasteiger partial charge is 0.478 e. The molecule has 0 radical (unpaired) electrons. The van der Waals surface area contributed by atoms with Crippen LogP contribution in [0.25, 0.3) is 0 Å². The summed E-state index contributed by atoms with van der Waals surface area (Å²) in [4.78, 5) is 36.1. The second-order valence-electron chi connectivity index (χ2n) is 6.14. The highest BCUT2D eigenvalue weighted by atomic mass is 16.5. The predicted molar refractivity (Wildman–Crippen MR) is 93.9 cm³/mol. The summed E-state index contributed by atoms with van der Waals surface area (Å²) in [6.45, 7) is 3.54. The molecule has 1 atom stereocenters. The second-order valence-corrected chi connectivity index (χ2v) is 6.14. The van der Waals surface area contributed by atoms with Gasteiger partial charge >= 0.3 is 0 Å². The van der Waals surface area contributed by atoms with Crippen LogP contribution in [0.15, 0.2) is 18.2 Å². The van der Waals surface area contributed by atoms with E-state index >= 15 is 0 Å². The van der Waals surface area contributed by atoms with Crippen LogP contribution in [0.2, 0.25) is 0 Å². The maximum atomic E-state index is 12.4. The number of carbonyl (C=O) groups is 3. The number of rotatable bonds is 4. The molecule has 0 saturated carbocycles. The Balaban J connectivity index is 1.74. The zero-order chi connectivity index (χ0) is 19.0. The molecule has 0 bridgehead atoms. The molecule has 1 aliphatic heterocycles. The minimum absolute atomic E-state index is 0.0886. The lowest BCUT2D eigenvalue weighted by atomic mass is 10.1. The Morgan fingerprint density at radius 1 is 1.38 bits per heavy atom. The molecule has 1 unspecified atom stereocenters. The van der Waals surface area contributed by atoms with Gasteiger partial charge in [0.25, 0.3) is 11.8 Å². The molecule has 1 aliphatic rings. The Morgan fingerprint density at radius 3 is 2.81 bits per heavy atom. The highest BCUT2D eigenvalue weighted by Crippen LogP contribution is 2.31. The summed E-state index contributed by atoms with van der Waals surface area (Å²) in [5.41, 5.74) is 7.66. The fourth-order valence-electron chi connectivity index (χ4n) is 2.85. The van der Waals surface area contributed by atoms with Gasteiger partial charge in [-0.3, -0.25) is 19.1 Å². The number of fused-ring (bicyclic) bond motifs is 1. The molecule has 9 heteroatoms. The average Bonchev–Trinajstić information content (AvgIpc) is 2.82. The van der Waals surface area contributed by atoms with E-state index in [9.17, 15) is 14.4 Å². The maximum Gasteiger partial charge on any atom is 0.269 e. The normalized spacial score (nSPS) is 15.7. The lowest BCUT2D eigenvalue weighted by molar-refractivity contribution is -0.128. The van der Waals surface area contributed by atoms with Crippen LogP contribution in [0.4, 0.5) is 11.4 Å². The van der Waals surface area contributed by atoms with Crippen LogP contribution >= 0.6 is 0 Å². The highest BCUT2D eigenvalue weighted by molar-refractivity contribution is 6.05. The van der Waals surface area contributed by atoms with Crippen LogP contribution in [0.3, 0.4) is 0 Å². The highest BCUT2D eigenvalue weighted by Gasteiger charge is 2.30. The summed E-state index contributed by atoms with van der Waals surface area (Å²) >= 11 is 0. The Bertz CT molecular complexity index is 918. The first-order valence-corrected chi connectivity index (χ1v) is 7.97. The lowest BCUT2D eigenvalue weighted by Crippen LogP contribution is -2.39. The third-order valence-electron chi connectivity index (χ3n) is 4.05. The molecule has 136 valence electrons. The molecule has 3 amide bonds. The lowest BCUT2D eigenvalue weighted by Gasteiger charge is -2.25. The van der Waals surface area contributed by atoms with E-state index < -0.39 is 23.8 Å². The average molecular weight is 357 g/mol. The first-order valence-electron chi connectivity index (χ1n) is 7.97. The van der Waals surface area contributed by atoms with E-state index in [0.717, 1.165) is 5.56 Å². The zero-order valence-electron chi connectivity index (χ0n) is 14.6. The number of hydrogen-bond donors (Lipinski definition) is 3. The van der Waals surface area contributed by atoms with Crippen molar-refractivity contribution >= 4 is 29.1 Å². The Morgan fingerprint density at radius 2 is 2.12 bits per heavy atom. The molecule has 3 rings (SSSR count). The summed E-state index contributed by atoms with van der Waals surface area (Å²) in [7, 11) is 1.55. The Labute approximate surface area is 149 Å². The molecular formula is C17H19N5O4. The number of nitrogens with two attached hydrogens (primary N) is 1. The van der Waals surface area contributed by atoms with Crippen LogP contribution in [0.1, 0.15) is 28.2 Å². The summed E-state index contributed by atoms with van der Waals surface area (Å²) in [5.74, 6) is -1.10. The van der Waals surface area contributed by atoms with E-state index in [1.54, 1.807) is 26.1 Å². The van der Waals surface area contributed by atoms with Crippen molar-refractivity contribution < 1.29 is 19.1 Å². The molecule has 0 spiro atoms. The quantitative estimate of drug-likeness (QED) is 0.748. The summed E-state index contributed by atoms with van der Waals surface area (Å²) in [6, 6.07) is 5.39. The third-order valence-corrected chi connectivity index (χ3v) is 4.05. The summed E-state index contributed by atoms with van der Waals surface area (Å²) < 4.78 is 6.94. The van der Waals surface area contributed by atoms with Gasteiger partial charge in [-0.25, -0.2) is 0 Å². The van der Waals surface area contributed by atoms with Crippen molar-refractivity contribution in [3.63, 3.8) is 0 Å². The maximum absolute atomic E-state index is 12.4. The number of benzene rings is 1. The number of primary amides is 1. The van der Waals surface area contributed by atoms with Gasteiger partial charge in [-0.15, -0.1) is 0 Å². The van der Waals surface area contributed by atoms with Crippen molar-refractivity contribution in [3.8, 4) is 5.75 Å². The van der Waals surface area contributed by atoms with Gasteiger partial charge in [-0.05, 0) is 31.5 Å². The van der Waals surface area contributed by atoms with Crippen molar-refractivity contribution in [3.05, 3.63) is 35.2 Å². The Kier molecular flexibility index (Phi) is 4.37. The number of nitrogens with one attached hydrogen (secondary N) is 2. The number of aromatic nitrogens is 2. The molecule has 9 nitrogen and oxygen atoms in total. The smallest absolute Gasteiger partial charge is 0.269 e. The first-order chi connectivity index (χ1) is 12.3. The van der Waals surface area contributed by atoms with E-state index in [2.05, 4.69) is 15.7 Å². The molecule has 26 heavy (non-hydrogen) atoms. The molecule has 0 saturated heterocycles. The van der Waals surface area contributed by atoms with Gasteiger partial charge < -0.3 is 21.1 Å². The number of ether oxygens (including phenoxy) is 1. The van der Waals surface area contributed by atoms with Gasteiger partial charge in [0.05, 0.1) is 23.5 Å². The van der Waals surface area contributed by atoms with E-state index in [0.29, 0.717) is 17.1 Å². The van der Waals surface area contributed by atoms with Crippen LogP contribution < -0.4 is 21.1 Å². The molecule has 2 aromatic rings. The van der Waals surface area contributed by atoms with Gasteiger partial charge in [0.1, 0.15) is 11.4 Å². The van der Waals surface area contributed by atoms with Crippen molar-refractivity contribution in [1.82, 2.24) is 9.78 Å². The summed E-state index contributed by atoms with van der Waals surface area (Å²) in [6.07, 6.45) is -1.19. The number of nitrogens with zero attached hydrogens (tertiary/aromatic N) is 2. The fraction of sp³-hybridized carbons (Fsp3) is 0.294. The van der Waals surface area contributed by atoms with Gasteiger partial charge in [0.15, 0.2) is 6.10 Å². The van der Waals surface area contributed by atoms with Crippen LogP contribution in [-0.4, -0.2) is 33.6 Å². The van der Waals surface area contributed by atoms with Gasteiger partial charge in [0, 0.05) is 7.05 Å². The van der Waals surface area contributed by atoms with Crippen molar-refractivity contribution in [2.24, 2.45) is 12.8 Å². The molecule has 1 aromatic carbocycles. The van der Waals surface area contributed by atoms with Crippen molar-refractivity contribution in [1.29, 1.82) is 0 Å². The third kappa shape index (κ3) is 3.23. The predicted octanol–water partition coefficient (Wildman–Crippen LogP) is 0.864. The number of amides is 3. The molecule has 2 heterocycles. The van der Waals surface area contributed by atoms with E-state index in [1.165, 1.54) is 4.68 Å². The molecule has 0 aliphatic carbocycles. The topological polar surface area (TPSA) is 128 Å². The Hall–Kier alpha value is -3.36. The molecular weight excluding hydrogens is 338 g/mol. The van der Waals surface area contributed by atoms with Crippen molar-refractivity contribution in [2.45, 2.75) is 26.4 Å². The number of aryl methyl sites for hydroxylation is 3. The van der Waals surface area contributed by atoms with Gasteiger partial charge in [0.2, 0.25) is 5.91 Å². The minimum Gasteiger partial charge on any atom is -0.478 e. The van der Waals surface area contributed by atoms with Crippen LogP contribution in [0, 0.1) is 13.8 Å². The first kappa shape index (κ1) is 17.5. The number of carbonyl (C=O) groups excluding carboxylic acids is 3. The van der Waals surface area contributed by atoms with E-state index in [4.69, 9.17) is 10.5 Å². The van der Waals surface area contributed by atoms with E-state index in [-0.39, 0.29) is 17.8 Å². The minimum atomic E-state index is -0.973. The zero-order valence-corrected chi connectivity index (χ0v) is 14.6. The molecule has 0 fully saturated rings. The molecule has 1 aromatic heterocycles. The fourth-order valence-corrected chi connectivity index (χ4v) is 2.85. The molecule has 4 N–H and O–H groups in total. The van der Waals surface area contributed by atoms with Crippen LogP contribution in [0.5, 0.6) is 5.75 Å². The number of hydrogen-bond acceptors (Lipinski definition) is 5. The van der Waals surface area contributed by atoms with Crippen molar-refractivity contribution in [2.75, 3.05) is 10.6 Å².